The van der Waals surface area contributed by atoms with E-state index in [4.69, 9.17) is 11.1 Å². The molecule has 1 aliphatic rings. The summed E-state index contributed by atoms with van der Waals surface area (Å²) < 4.78 is 0. The number of hydrogen-bond donors (Lipinski definition) is 5. The molecule has 0 spiro atoms. The maximum Gasteiger partial charge on any atom is 0.245 e. The van der Waals surface area contributed by atoms with E-state index >= 15 is 0 Å². The van der Waals surface area contributed by atoms with E-state index in [9.17, 15) is 14.7 Å². The Balaban J connectivity index is 0.00000320. The lowest BCUT2D eigenvalue weighted by Crippen LogP contribution is -2.47. The van der Waals surface area contributed by atoms with Crippen molar-refractivity contribution in [3.8, 4) is 0 Å². The number of halogens is 1. The van der Waals surface area contributed by atoms with Crippen molar-refractivity contribution in [3.05, 3.63) is 65.2 Å². The summed E-state index contributed by atoms with van der Waals surface area (Å²) in [6, 6.07) is 13.8. The molecule has 0 aliphatic carbocycles. The average Bonchev–Trinajstić information content (AvgIpc) is 2.75. The number of nitrogens with two attached hydrogens (primary N) is 1. The monoisotopic (exact) mass is 431 g/mol. The lowest BCUT2D eigenvalue weighted by Gasteiger charge is -2.29. The van der Waals surface area contributed by atoms with Crippen molar-refractivity contribution in [2.45, 2.75) is 19.0 Å². The molecule has 2 aromatic rings. The number of amides is 2. The second-order valence-corrected chi connectivity index (χ2v) is 6.93. The van der Waals surface area contributed by atoms with Gasteiger partial charge in [0.2, 0.25) is 11.8 Å². The third-order valence-corrected chi connectivity index (χ3v) is 4.91. The number of amidine groups is 1. The molecule has 0 saturated heterocycles. The summed E-state index contributed by atoms with van der Waals surface area (Å²) in [6.45, 7) is 0.573. The van der Waals surface area contributed by atoms with E-state index in [1.54, 1.807) is 29.2 Å². The molecule has 30 heavy (non-hydrogen) atoms. The first kappa shape index (κ1) is 23.2. The highest BCUT2D eigenvalue weighted by molar-refractivity contribution is 5.96. The van der Waals surface area contributed by atoms with Crippen molar-refractivity contribution in [2.75, 3.05) is 25.0 Å². The number of nitrogen functional groups attached to an aromatic ring is 1. The summed E-state index contributed by atoms with van der Waals surface area (Å²) in [5.74, 6) is -0.734. The molecular weight excluding hydrogens is 406 g/mol. The van der Waals surface area contributed by atoms with Crippen molar-refractivity contribution in [3.63, 3.8) is 0 Å². The van der Waals surface area contributed by atoms with Gasteiger partial charge in [0.15, 0.2) is 0 Å². The van der Waals surface area contributed by atoms with Crippen molar-refractivity contribution in [2.24, 2.45) is 5.73 Å². The molecule has 1 aliphatic heterocycles. The summed E-state index contributed by atoms with van der Waals surface area (Å²) in [6.07, 6.45) is 0.795. The van der Waals surface area contributed by atoms with Crippen molar-refractivity contribution < 1.29 is 14.7 Å². The topological polar surface area (TPSA) is 132 Å². The van der Waals surface area contributed by atoms with Gasteiger partial charge in [-0.2, -0.15) is 0 Å². The summed E-state index contributed by atoms with van der Waals surface area (Å²) >= 11 is 0. The first-order valence-electron chi connectivity index (χ1n) is 9.42. The van der Waals surface area contributed by atoms with E-state index < -0.39 is 18.6 Å². The Morgan fingerprint density at radius 2 is 1.90 bits per heavy atom. The molecule has 160 valence electrons. The smallest absolute Gasteiger partial charge is 0.245 e. The van der Waals surface area contributed by atoms with Crippen molar-refractivity contribution >= 4 is 35.7 Å². The molecule has 2 aromatic carbocycles. The van der Waals surface area contributed by atoms with Crippen LogP contribution in [0.3, 0.4) is 0 Å². The molecule has 6 N–H and O–H groups in total. The minimum Gasteiger partial charge on any atom is -0.394 e. The van der Waals surface area contributed by atoms with Crippen LogP contribution >= 0.6 is 12.4 Å². The second kappa shape index (κ2) is 10.6. The third kappa shape index (κ3) is 5.71. The van der Waals surface area contributed by atoms with Gasteiger partial charge in [-0.3, -0.25) is 15.0 Å². The molecule has 2 amide bonds. The number of aliphatic hydroxyl groups excluding tert-OH is 1. The average molecular weight is 432 g/mol. The lowest BCUT2D eigenvalue weighted by molar-refractivity contribution is -0.134. The predicted molar refractivity (Wildman–Crippen MR) is 118 cm³/mol. The molecule has 1 unspecified atom stereocenters. The van der Waals surface area contributed by atoms with Crippen LogP contribution in [0.15, 0.2) is 48.5 Å². The molecule has 0 bridgehead atoms. The summed E-state index contributed by atoms with van der Waals surface area (Å²) in [4.78, 5) is 26.6. The molecule has 3 rings (SSSR count). The predicted octanol–water partition coefficient (Wildman–Crippen LogP) is 0.866. The van der Waals surface area contributed by atoms with Crippen LogP contribution in [0.1, 0.15) is 16.7 Å². The zero-order chi connectivity index (χ0) is 20.8. The number of anilines is 1. The second-order valence-electron chi connectivity index (χ2n) is 6.93. The van der Waals surface area contributed by atoms with Gasteiger partial charge in [0.05, 0.1) is 13.2 Å². The molecule has 8 nitrogen and oxygen atoms in total. The van der Waals surface area contributed by atoms with E-state index in [0.717, 1.165) is 12.0 Å². The number of nitrogens with zero attached hydrogens (tertiary/aromatic N) is 1. The van der Waals surface area contributed by atoms with Crippen LogP contribution in [-0.2, 0) is 22.6 Å². The molecule has 0 radical (unpaired) electrons. The minimum atomic E-state index is -0.924. The first-order chi connectivity index (χ1) is 14.0. The maximum absolute atomic E-state index is 12.5. The first-order valence-corrected chi connectivity index (χ1v) is 9.42. The Bertz CT molecular complexity index is 921. The fourth-order valence-corrected chi connectivity index (χ4v) is 3.28. The highest BCUT2D eigenvalue weighted by atomic mass is 35.5. The van der Waals surface area contributed by atoms with Crippen LogP contribution in [0.5, 0.6) is 0 Å². The van der Waals surface area contributed by atoms with Crippen LogP contribution < -0.4 is 16.4 Å². The number of rotatable bonds is 7. The highest BCUT2D eigenvalue weighted by Crippen LogP contribution is 2.18. The number of fused-ring (bicyclic) bond motifs is 1. The normalized spacial score (nSPS) is 13.4. The fourth-order valence-electron chi connectivity index (χ4n) is 3.28. The molecule has 9 heteroatoms. The van der Waals surface area contributed by atoms with Gasteiger partial charge in [-0.1, -0.05) is 36.4 Å². The molecule has 1 heterocycles. The SMILES string of the molecule is Cl.N=C(N)c1cccc(NC(CO)C(=O)NCC(=O)N2CCc3ccccc3C2)c1. The van der Waals surface area contributed by atoms with Crippen LogP contribution in [0.25, 0.3) is 0 Å². The van der Waals surface area contributed by atoms with Crippen LogP contribution in [-0.4, -0.2) is 53.4 Å². The molecule has 0 fully saturated rings. The number of carbonyl (C=O) groups excluding carboxylic acids is 2. The number of benzene rings is 2. The highest BCUT2D eigenvalue weighted by Gasteiger charge is 2.23. The van der Waals surface area contributed by atoms with Crippen LogP contribution in [0, 0.1) is 5.41 Å². The van der Waals surface area contributed by atoms with E-state index in [1.807, 2.05) is 18.2 Å². The number of aliphatic hydroxyl groups is 1. The van der Waals surface area contributed by atoms with Crippen LogP contribution in [0.2, 0.25) is 0 Å². The van der Waals surface area contributed by atoms with Crippen LogP contribution in [0.4, 0.5) is 5.69 Å². The largest absolute Gasteiger partial charge is 0.394 e. The van der Waals surface area contributed by atoms with Crippen molar-refractivity contribution in [1.82, 2.24) is 10.2 Å². The summed E-state index contributed by atoms with van der Waals surface area (Å²) in [5, 5.41) is 22.5. The Hall–Kier alpha value is -3.10. The van der Waals surface area contributed by atoms with Gasteiger partial charge in [0.25, 0.3) is 0 Å². The number of nitrogens with one attached hydrogen (secondary N) is 3. The Morgan fingerprint density at radius 3 is 2.60 bits per heavy atom. The Kier molecular flexibility index (Phi) is 8.20. The third-order valence-electron chi connectivity index (χ3n) is 4.91. The van der Waals surface area contributed by atoms with Gasteiger partial charge >= 0.3 is 0 Å². The molecular formula is C21H26ClN5O3. The van der Waals surface area contributed by atoms with Gasteiger partial charge in [0, 0.05) is 24.3 Å². The number of hydrogen-bond acceptors (Lipinski definition) is 5. The van der Waals surface area contributed by atoms with E-state index in [-0.39, 0.29) is 30.7 Å². The zero-order valence-electron chi connectivity index (χ0n) is 16.4. The van der Waals surface area contributed by atoms with Gasteiger partial charge in [-0.05, 0) is 29.7 Å². The Labute approximate surface area is 181 Å². The van der Waals surface area contributed by atoms with E-state index in [0.29, 0.717) is 24.3 Å². The van der Waals surface area contributed by atoms with Gasteiger partial charge in [-0.25, -0.2) is 0 Å². The fraction of sp³-hybridized carbons (Fsp3) is 0.286. The van der Waals surface area contributed by atoms with E-state index in [2.05, 4.69) is 16.7 Å². The zero-order valence-corrected chi connectivity index (χ0v) is 17.2. The molecule has 0 aromatic heterocycles. The van der Waals surface area contributed by atoms with E-state index in [1.165, 1.54) is 5.56 Å². The number of carbonyl (C=O) groups is 2. The summed E-state index contributed by atoms with van der Waals surface area (Å²) in [7, 11) is 0. The quantitative estimate of drug-likeness (QED) is 0.328. The standard InChI is InChI=1S/C21H25N5O3.ClH/c22-20(23)15-6-3-7-17(10-15)25-18(13-27)21(29)24-11-19(28)26-9-8-14-4-1-2-5-16(14)12-26;/h1-7,10,18,25,27H,8-9,11-13H2,(H3,22,23)(H,24,29);1H. The molecule has 1 atom stereocenters. The van der Waals surface area contributed by atoms with Crippen molar-refractivity contribution in [1.29, 1.82) is 5.41 Å². The Morgan fingerprint density at radius 1 is 1.17 bits per heavy atom. The van der Waals surface area contributed by atoms with Gasteiger partial charge < -0.3 is 26.4 Å². The molecule has 0 saturated carbocycles. The van der Waals surface area contributed by atoms with Gasteiger partial charge in [0.1, 0.15) is 11.9 Å². The summed E-state index contributed by atoms with van der Waals surface area (Å²) in [5.41, 5.74) is 8.90. The lowest BCUT2D eigenvalue weighted by atomic mass is 10.00. The maximum atomic E-state index is 12.5. The van der Waals surface area contributed by atoms with Gasteiger partial charge in [-0.15, -0.1) is 12.4 Å². The minimum absolute atomic E-state index is 0.